The maximum Gasteiger partial charge on any atom is 0.417 e. The van der Waals surface area contributed by atoms with Crippen molar-refractivity contribution in [2.45, 2.75) is 12.6 Å². The minimum absolute atomic E-state index is 0.0394. The number of nitrogens with zero attached hydrogens (tertiary/aromatic N) is 1. The van der Waals surface area contributed by atoms with Crippen LogP contribution in [-0.2, 0) is 12.6 Å². The van der Waals surface area contributed by atoms with Gasteiger partial charge in [0, 0.05) is 17.5 Å². The van der Waals surface area contributed by atoms with E-state index in [2.05, 4.69) is 20.9 Å². The Balaban J connectivity index is 2.12. The topological polar surface area (TPSA) is 30.0 Å². The molecule has 2 nitrogen and oxygen atoms in total. The molecule has 0 saturated heterocycles. The zero-order valence-corrected chi connectivity index (χ0v) is 11.8. The molecule has 0 spiro atoms. The average Bonchev–Trinajstić information content (AvgIpc) is 2.74. The number of Topliss-reactive ketones (excluding diaryl/α,β-unsaturated/α-hetero) is 1. The molecule has 100 valence electrons. The van der Waals surface area contributed by atoms with Gasteiger partial charge in [-0.05, 0) is 40.2 Å². The number of carbonyl (C=O) groups excluding carboxylic acids is 1. The van der Waals surface area contributed by atoms with E-state index in [1.54, 1.807) is 6.07 Å². The fourth-order valence-electron chi connectivity index (χ4n) is 1.42. The number of aromatic nitrogens is 1. The van der Waals surface area contributed by atoms with Crippen LogP contribution in [0.4, 0.5) is 13.2 Å². The quantitative estimate of drug-likeness (QED) is 0.771. The van der Waals surface area contributed by atoms with Gasteiger partial charge < -0.3 is 0 Å². The van der Waals surface area contributed by atoms with Gasteiger partial charge in [-0.3, -0.25) is 9.78 Å². The van der Waals surface area contributed by atoms with E-state index in [4.69, 9.17) is 0 Å². The lowest BCUT2D eigenvalue weighted by Crippen LogP contribution is -2.09. The van der Waals surface area contributed by atoms with Gasteiger partial charge in [-0.1, -0.05) is 0 Å². The highest BCUT2D eigenvalue weighted by Crippen LogP contribution is 2.28. The Hall–Kier alpha value is -1.21. The van der Waals surface area contributed by atoms with Gasteiger partial charge in [0.1, 0.15) is 5.69 Å². The van der Waals surface area contributed by atoms with E-state index in [1.807, 2.05) is 6.07 Å². The summed E-state index contributed by atoms with van der Waals surface area (Å²) in [6, 6.07) is 5.57. The number of hydrogen-bond acceptors (Lipinski definition) is 3. The molecule has 0 atom stereocenters. The second kappa shape index (κ2) is 5.42. The molecule has 0 aliphatic heterocycles. The normalized spacial score (nSPS) is 11.6. The lowest BCUT2D eigenvalue weighted by Gasteiger charge is -2.06. The number of halogens is 4. The van der Waals surface area contributed by atoms with Crippen LogP contribution in [0.25, 0.3) is 0 Å². The Bertz CT molecular complexity index is 592. The molecule has 0 fully saturated rings. The molecular formula is C12H7BrF3NOS. The van der Waals surface area contributed by atoms with Crippen LogP contribution in [0.5, 0.6) is 0 Å². The minimum Gasteiger partial charge on any atom is -0.292 e. The van der Waals surface area contributed by atoms with E-state index in [-0.39, 0.29) is 17.9 Å². The van der Waals surface area contributed by atoms with Crippen molar-refractivity contribution in [2.75, 3.05) is 0 Å². The molecule has 0 bridgehead atoms. The lowest BCUT2D eigenvalue weighted by molar-refractivity contribution is -0.137. The summed E-state index contributed by atoms with van der Waals surface area (Å²) in [4.78, 5) is 16.2. The van der Waals surface area contributed by atoms with E-state index >= 15 is 0 Å². The fraction of sp³-hybridized carbons (Fsp3) is 0.167. The Kier molecular flexibility index (Phi) is 4.05. The highest BCUT2D eigenvalue weighted by Gasteiger charge is 2.30. The molecule has 2 aromatic heterocycles. The van der Waals surface area contributed by atoms with E-state index in [0.29, 0.717) is 6.20 Å². The number of alkyl halides is 3. The molecule has 0 N–H and O–H groups in total. The highest BCUT2D eigenvalue weighted by molar-refractivity contribution is 9.11. The molecule has 0 radical (unpaired) electrons. The zero-order chi connectivity index (χ0) is 14.0. The van der Waals surface area contributed by atoms with Gasteiger partial charge in [0.2, 0.25) is 0 Å². The number of thiophene rings is 1. The summed E-state index contributed by atoms with van der Waals surface area (Å²) in [6.45, 7) is 0. The van der Waals surface area contributed by atoms with Crippen LogP contribution < -0.4 is 0 Å². The van der Waals surface area contributed by atoms with Crippen LogP contribution in [-0.4, -0.2) is 10.8 Å². The van der Waals surface area contributed by atoms with Gasteiger partial charge in [-0.2, -0.15) is 13.2 Å². The number of rotatable bonds is 3. The number of pyridine rings is 1. The standard InChI is InChI=1S/C12H7BrF3NOS/c13-11-4-2-8(19-11)5-10(18)9-3-1-7(6-17-9)12(14,15)16/h1-4,6H,5H2. The Morgan fingerprint density at radius 1 is 1.26 bits per heavy atom. The third-order valence-electron chi connectivity index (χ3n) is 2.34. The molecule has 0 aliphatic rings. The van der Waals surface area contributed by atoms with Crippen LogP contribution in [0.15, 0.2) is 34.2 Å². The van der Waals surface area contributed by atoms with Crippen molar-refractivity contribution in [2.24, 2.45) is 0 Å². The number of hydrogen-bond donors (Lipinski definition) is 0. The smallest absolute Gasteiger partial charge is 0.292 e. The van der Waals surface area contributed by atoms with Crippen molar-refractivity contribution in [1.29, 1.82) is 0 Å². The van der Waals surface area contributed by atoms with Gasteiger partial charge in [-0.15, -0.1) is 11.3 Å². The summed E-state index contributed by atoms with van der Waals surface area (Å²) in [5, 5.41) is 0. The maximum absolute atomic E-state index is 12.3. The predicted octanol–water partition coefficient (Wildman–Crippen LogP) is 4.35. The Morgan fingerprint density at radius 2 is 2.00 bits per heavy atom. The first kappa shape index (κ1) is 14.2. The van der Waals surface area contributed by atoms with Gasteiger partial charge in [0.25, 0.3) is 0 Å². The van der Waals surface area contributed by atoms with Crippen molar-refractivity contribution in [3.05, 3.63) is 50.4 Å². The monoisotopic (exact) mass is 349 g/mol. The van der Waals surface area contributed by atoms with Crippen LogP contribution in [0.2, 0.25) is 0 Å². The van der Waals surface area contributed by atoms with Crippen molar-refractivity contribution in [3.63, 3.8) is 0 Å². The van der Waals surface area contributed by atoms with Crippen LogP contribution in [0.1, 0.15) is 20.9 Å². The summed E-state index contributed by atoms with van der Waals surface area (Å²) >= 11 is 4.68. The molecule has 2 aromatic rings. The second-order valence-corrected chi connectivity index (χ2v) is 6.28. The van der Waals surface area contributed by atoms with Crippen molar-refractivity contribution in [3.8, 4) is 0 Å². The van der Waals surface area contributed by atoms with E-state index in [0.717, 1.165) is 20.8 Å². The molecule has 0 amide bonds. The first-order chi connectivity index (χ1) is 8.86. The second-order valence-electron chi connectivity index (χ2n) is 3.74. The highest BCUT2D eigenvalue weighted by atomic mass is 79.9. The number of ketones is 1. The van der Waals surface area contributed by atoms with Crippen molar-refractivity contribution >= 4 is 33.0 Å². The Labute approximate surface area is 119 Å². The molecule has 2 rings (SSSR count). The van der Waals surface area contributed by atoms with Gasteiger partial charge in [0.05, 0.1) is 9.35 Å². The molecule has 19 heavy (non-hydrogen) atoms. The van der Waals surface area contributed by atoms with Crippen LogP contribution in [0.3, 0.4) is 0 Å². The maximum atomic E-state index is 12.3. The SMILES string of the molecule is O=C(Cc1ccc(Br)s1)c1ccc(C(F)(F)F)cn1. The average molecular weight is 350 g/mol. The third-order valence-corrected chi connectivity index (χ3v) is 3.96. The van der Waals surface area contributed by atoms with Crippen LogP contribution in [0, 0.1) is 0 Å². The van der Waals surface area contributed by atoms with E-state index in [9.17, 15) is 18.0 Å². The van der Waals surface area contributed by atoms with Gasteiger partial charge in [-0.25, -0.2) is 0 Å². The summed E-state index contributed by atoms with van der Waals surface area (Å²) in [7, 11) is 0. The summed E-state index contributed by atoms with van der Waals surface area (Å²) in [6.07, 6.45) is -3.63. The third kappa shape index (κ3) is 3.63. The van der Waals surface area contributed by atoms with Gasteiger partial charge >= 0.3 is 6.18 Å². The van der Waals surface area contributed by atoms with Gasteiger partial charge in [0.15, 0.2) is 5.78 Å². The first-order valence-corrected chi connectivity index (χ1v) is 6.78. The van der Waals surface area contributed by atoms with E-state index < -0.39 is 11.7 Å². The van der Waals surface area contributed by atoms with Crippen LogP contribution >= 0.6 is 27.3 Å². The first-order valence-electron chi connectivity index (χ1n) is 5.17. The van der Waals surface area contributed by atoms with Crippen molar-refractivity contribution < 1.29 is 18.0 Å². The molecule has 0 aromatic carbocycles. The van der Waals surface area contributed by atoms with E-state index in [1.165, 1.54) is 11.3 Å². The Morgan fingerprint density at radius 3 is 2.47 bits per heavy atom. The van der Waals surface area contributed by atoms with Crippen molar-refractivity contribution in [1.82, 2.24) is 4.98 Å². The summed E-state index contributed by atoms with van der Waals surface area (Å²) in [5.41, 5.74) is -0.819. The molecule has 0 unspecified atom stereocenters. The summed E-state index contributed by atoms with van der Waals surface area (Å²) in [5.74, 6) is -0.303. The lowest BCUT2D eigenvalue weighted by atomic mass is 10.1. The zero-order valence-electron chi connectivity index (χ0n) is 9.37. The molecule has 7 heteroatoms. The summed E-state index contributed by atoms with van der Waals surface area (Å²) < 4.78 is 37.9. The molecule has 0 saturated carbocycles. The largest absolute Gasteiger partial charge is 0.417 e. The predicted molar refractivity (Wildman–Crippen MR) is 69.3 cm³/mol. The fourth-order valence-corrected chi connectivity index (χ4v) is 2.90. The molecule has 0 aliphatic carbocycles. The number of carbonyl (C=O) groups is 1. The molecular weight excluding hydrogens is 343 g/mol. The molecule has 2 heterocycles. The minimum atomic E-state index is -4.44.